The van der Waals surface area contributed by atoms with E-state index in [0.29, 0.717) is 6.04 Å². The van der Waals surface area contributed by atoms with Crippen LogP contribution in [0.4, 0.5) is 5.69 Å². The van der Waals surface area contributed by atoms with Gasteiger partial charge in [-0.15, -0.1) is 0 Å². The third kappa shape index (κ3) is 4.27. The lowest BCUT2D eigenvalue weighted by atomic mass is 9.92. The van der Waals surface area contributed by atoms with Crippen LogP contribution < -0.4 is 9.64 Å². The van der Waals surface area contributed by atoms with Crippen molar-refractivity contribution in [3.63, 3.8) is 0 Å². The zero-order valence-electron chi connectivity index (χ0n) is 16.8. The van der Waals surface area contributed by atoms with Gasteiger partial charge in [-0.05, 0) is 49.7 Å². The summed E-state index contributed by atoms with van der Waals surface area (Å²) in [6, 6.07) is 7.05. The number of allylic oxidation sites excluding steroid dienone is 1. The number of nitrogens with zero attached hydrogens (tertiary/aromatic N) is 2. The normalized spacial score (nSPS) is 18.1. The highest BCUT2D eigenvalue weighted by atomic mass is 16.5. The predicted octanol–water partition coefficient (Wildman–Crippen LogP) is 5.03. The van der Waals surface area contributed by atoms with Crippen molar-refractivity contribution in [3.8, 4) is 5.75 Å². The molecule has 0 amide bonds. The molecule has 3 nitrogen and oxygen atoms in total. The first-order valence-electron chi connectivity index (χ1n) is 9.83. The van der Waals surface area contributed by atoms with Crippen molar-refractivity contribution >= 4 is 5.69 Å². The van der Waals surface area contributed by atoms with Gasteiger partial charge in [-0.2, -0.15) is 0 Å². The first-order chi connectivity index (χ1) is 12.2. The van der Waals surface area contributed by atoms with Crippen molar-refractivity contribution in [1.82, 2.24) is 4.90 Å². The lowest BCUT2D eigenvalue weighted by molar-refractivity contribution is 0.246. The fourth-order valence-electron chi connectivity index (χ4n) is 3.45. The summed E-state index contributed by atoms with van der Waals surface area (Å²) in [6.45, 7) is 13.8. The van der Waals surface area contributed by atoms with Gasteiger partial charge in [0.15, 0.2) is 0 Å². The minimum absolute atomic E-state index is 0.465. The van der Waals surface area contributed by atoms with Gasteiger partial charge in [0.05, 0.1) is 0 Å². The molecule has 138 valence electrons. The van der Waals surface area contributed by atoms with E-state index in [1.165, 1.54) is 16.8 Å². The van der Waals surface area contributed by atoms with E-state index in [0.717, 1.165) is 44.0 Å². The van der Waals surface area contributed by atoms with Gasteiger partial charge in [0.2, 0.25) is 0 Å². The SMILES string of the molecule is CC.CCN(C)c1ccc2c(c1)OC1=CC(N(CC)CC)CC=C1C2. The number of anilines is 1. The van der Waals surface area contributed by atoms with Gasteiger partial charge >= 0.3 is 0 Å². The summed E-state index contributed by atoms with van der Waals surface area (Å²) in [4.78, 5) is 4.73. The second-order valence-electron chi connectivity index (χ2n) is 6.37. The summed E-state index contributed by atoms with van der Waals surface area (Å²) in [5.41, 5.74) is 3.86. The van der Waals surface area contributed by atoms with Crippen molar-refractivity contribution in [3.05, 3.63) is 47.2 Å². The zero-order chi connectivity index (χ0) is 18.4. The molecule has 1 atom stereocenters. The van der Waals surface area contributed by atoms with Crippen molar-refractivity contribution in [1.29, 1.82) is 0 Å². The Labute approximate surface area is 154 Å². The van der Waals surface area contributed by atoms with E-state index in [2.05, 4.69) is 68.0 Å². The fraction of sp³-hybridized carbons (Fsp3) is 0.545. The molecule has 0 saturated carbocycles. The highest BCUT2D eigenvalue weighted by Gasteiger charge is 2.26. The number of ether oxygens (including phenoxy) is 1. The number of rotatable bonds is 5. The molecule has 1 aromatic rings. The van der Waals surface area contributed by atoms with Gasteiger partial charge in [-0.25, -0.2) is 0 Å². The van der Waals surface area contributed by atoms with Crippen molar-refractivity contribution < 1.29 is 4.74 Å². The molecule has 1 aromatic carbocycles. The highest BCUT2D eigenvalue weighted by Crippen LogP contribution is 2.37. The molecule has 0 N–H and O–H groups in total. The fourth-order valence-corrected chi connectivity index (χ4v) is 3.45. The Kier molecular flexibility index (Phi) is 7.12. The Morgan fingerprint density at radius 3 is 2.44 bits per heavy atom. The second-order valence-corrected chi connectivity index (χ2v) is 6.37. The summed E-state index contributed by atoms with van der Waals surface area (Å²) < 4.78 is 6.28. The van der Waals surface area contributed by atoms with Crippen LogP contribution in [-0.2, 0) is 6.42 Å². The summed E-state index contributed by atoms with van der Waals surface area (Å²) >= 11 is 0. The smallest absolute Gasteiger partial charge is 0.133 e. The molecule has 25 heavy (non-hydrogen) atoms. The van der Waals surface area contributed by atoms with Crippen LogP contribution >= 0.6 is 0 Å². The van der Waals surface area contributed by atoms with E-state index < -0.39 is 0 Å². The molecule has 0 spiro atoms. The van der Waals surface area contributed by atoms with Crippen molar-refractivity contribution in [2.24, 2.45) is 0 Å². The zero-order valence-corrected chi connectivity index (χ0v) is 16.8. The van der Waals surface area contributed by atoms with Gasteiger partial charge in [0.1, 0.15) is 11.5 Å². The Bertz CT molecular complexity index is 629. The third-order valence-corrected chi connectivity index (χ3v) is 5.11. The van der Waals surface area contributed by atoms with E-state index in [1.807, 2.05) is 13.8 Å². The number of hydrogen-bond acceptors (Lipinski definition) is 3. The minimum Gasteiger partial charge on any atom is -0.457 e. The van der Waals surface area contributed by atoms with E-state index in [-0.39, 0.29) is 0 Å². The van der Waals surface area contributed by atoms with Crippen LogP contribution in [0, 0.1) is 0 Å². The summed E-state index contributed by atoms with van der Waals surface area (Å²) in [7, 11) is 2.12. The lowest BCUT2D eigenvalue weighted by Gasteiger charge is -2.33. The van der Waals surface area contributed by atoms with Crippen LogP contribution in [-0.4, -0.2) is 37.6 Å². The second kappa shape index (κ2) is 9.10. The van der Waals surface area contributed by atoms with Gasteiger partial charge < -0.3 is 9.64 Å². The molecule has 0 aromatic heterocycles. The Balaban J connectivity index is 0.00000109. The summed E-state index contributed by atoms with van der Waals surface area (Å²) in [5, 5.41) is 0. The van der Waals surface area contributed by atoms with Crippen LogP contribution in [0.15, 0.2) is 41.7 Å². The number of hydrogen-bond donors (Lipinski definition) is 0. The third-order valence-electron chi connectivity index (χ3n) is 5.11. The van der Waals surface area contributed by atoms with Gasteiger partial charge in [-0.1, -0.05) is 39.8 Å². The Morgan fingerprint density at radius 2 is 1.80 bits per heavy atom. The minimum atomic E-state index is 0.465. The average Bonchev–Trinajstić information content (AvgIpc) is 2.67. The molecule has 1 unspecified atom stereocenters. The van der Waals surface area contributed by atoms with E-state index >= 15 is 0 Å². The highest BCUT2D eigenvalue weighted by molar-refractivity contribution is 5.57. The maximum Gasteiger partial charge on any atom is 0.133 e. The molecule has 3 rings (SSSR count). The van der Waals surface area contributed by atoms with Crippen LogP contribution in [0.5, 0.6) is 5.75 Å². The van der Waals surface area contributed by atoms with E-state index in [1.54, 1.807) is 0 Å². The molecule has 0 radical (unpaired) electrons. The molecular formula is C22H34N2O. The van der Waals surface area contributed by atoms with Crippen molar-refractivity contribution in [2.45, 2.75) is 53.5 Å². The van der Waals surface area contributed by atoms with E-state index in [9.17, 15) is 0 Å². The average molecular weight is 343 g/mol. The molecule has 1 heterocycles. The molecule has 0 bridgehead atoms. The first kappa shape index (κ1) is 19.6. The standard InChI is InChI=1S/C20H28N2O.C2H6/c1-5-21(4)17-10-8-15-12-16-9-11-18(22(6-2)7-3)14-20(16)23-19(15)13-17;1-2/h8-10,13-14,18H,5-7,11-12H2,1-4H3;1-2H3. The maximum absolute atomic E-state index is 6.28. The first-order valence-corrected chi connectivity index (χ1v) is 9.83. The Hall–Kier alpha value is -1.74. The molecule has 0 fully saturated rings. The molecule has 1 aliphatic carbocycles. The molecular weight excluding hydrogens is 308 g/mol. The van der Waals surface area contributed by atoms with Crippen LogP contribution in [0.2, 0.25) is 0 Å². The van der Waals surface area contributed by atoms with Crippen LogP contribution in [0.3, 0.4) is 0 Å². The monoisotopic (exact) mass is 342 g/mol. The topological polar surface area (TPSA) is 15.7 Å². The molecule has 3 heteroatoms. The van der Waals surface area contributed by atoms with E-state index in [4.69, 9.17) is 4.74 Å². The van der Waals surface area contributed by atoms with Crippen LogP contribution in [0.1, 0.15) is 46.6 Å². The number of likely N-dealkylation sites (N-methyl/N-ethyl adjacent to an activating group) is 1. The quantitative estimate of drug-likeness (QED) is 0.746. The predicted molar refractivity (Wildman–Crippen MR) is 109 cm³/mol. The maximum atomic E-state index is 6.28. The summed E-state index contributed by atoms with van der Waals surface area (Å²) in [5.74, 6) is 2.09. The largest absolute Gasteiger partial charge is 0.457 e. The van der Waals surface area contributed by atoms with Gasteiger partial charge in [0.25, 0.3) is 0 Å². The van der Waals surface area contributed by atoms with Crippen LogP contribution in [0.25, 0.3) is 0 Å². The Morgan fingerprint density at radius 1 is 1.08 bits per heavy atom. The van der Waals surface area contributed by atoms with Gasteiger partial charge in [0, 0.05) is 37.8 Å². The molecule has 0 saturated heterocycles. The lowest BCUT2D eigenvalue weighted by Crippen LogP contribution is -2.35. The van der Waals surface area contributed by atoms with Gasteiger partial charge in [-0.3, -0.25) is 4.90 Å². The summed E-state index contributed by atoms with van der Waals surface area (Å²) in [6.07, 6.45) is 6.77. The number of fused-ring (bicyclic) bond motifs is 2. The molecule has 1 aliphatic heterocycles. The van der Waals surface area contributed by atoms with Crippen molar-refractivity contribution in [2.75, 3.05) is 31.6 Å². The number of benzene rings is 1. The molecule has 2 aliphatic rings.